The fourth-order valence-corrected chi connectivity index (χ4v) is 3.56. The maximum absolute atomic E-state index is 11.6. The second kappa shape index (κ2) is 6.37. The smallest absolute Gasteiger partial charge is 0.310 e. The second-order valence-corrected chi connectivity index (χ2v) is 6.54. The average Bonchev–Trinajstić information content (AvgIpc) is 3.04. The molecule has 0 saturated heterocycles. The number of hydrogen-bond acceptors (Lipinski definition) is 5. The quantitative estimate of drug-likeness (QED) is 0.661. The Bertz CT molecular complexity index is 584. The molecule has 1 fully saturated rings. The number of aliphatic hydroxyl groups excluding tert-OH is 1. The Morgan fingerprint density at radius 2 is 2.13 bits per heavy atom. The zero-order valence-electron chi connectivity index (χ0n) is 13.3. The third-order valence-electron chi connectivity index (χ3n) is 5.14. The van der Waals surface area contributed by atoms with Crippen molar-refractivity contribution in [2.75, 3.05) is 25.5 Å². The van der Waals surface area contributed by atoms with Crippen LogP contribution in [0.15, 0.2) is 18.2 Å². The molecule has 2 atom stereocenters. The standard InChI is InChI=1S/C17H24N2O4/c1-18-11-4-5-12-14(8-11)23-9-13(15(12)20)19-10-17(16(21)22)6-2-3-7-17/h4-5,8,13,15,18-20H,2-3,6-7,9-10H2,1H3,(H,21,22)/t13-,15+/m1/s1. The second-order valence-electron chi connectivity index (χ2n) is 6.54. The Balaban J connectivity index is 1.69. The first-order valence-electron chi connectivity index (χ1n) is 8.15. The molecule has 0 radical (unpaired) electrons. The number of nitrogens with one attached hydrogen (secondary N) is 2. The zero-order valence-corrected chi connectivity index (χ0v) is 13.3. The molecule has 1 aromatic carbocycles. The van der Waals surface area contributed by atoms with E-state index in [0.717, 1.165) is 24.1 Å². The van der Waals surface area contributed by atoms with Crippen molar-refractivity contribution in [1.29, 1.82) is 0 Å². The number of carboxylic acids is 1. The minimum Gasteiger partial charge on any atom is -0.491 e. The Labute approximate surface area is 135 Å². The highest BCUT2D eigenvalue weighted by Gasteiger charge is 2.42. The number of ether oxygens (including phenoxy) is 1. The number of rotatable bonds is 5. The van der Waals surface area contributed by atoms with Gasteiger partial charge >= 0.3 is 5.97 Å². The van der Waals surface area contributed by atoms with E-state index in [-0.39, 0.29) is 6.04 Å². The van der Waals surface area contributed by atoms with Crippen LogP contribution in [0.4, 0.5) is 5.69 Å². The van der Waals surface area contributed by atoms with E-state index in [2.05, 4.69) is 10.6 Å². The first-order valence-corrected chi connectivity index (χ1v) is 8.15. The first-order chi connectivity index (χ1) is 11.1. The van der Waals surface area contributed by atoms with E-state index in [1.807, 2.05) is 25.2 Å². The van der Waals surface area contributed by atoms with Gasteiger partial charge in [0.2, 0.25) is 0 Å². The fourth-order valence-electron chi connectivity index (χ4n) is 3.56. The summed E-state index contributed by atoms with van der Waals surface area (Å²) in [4.78, 5) is 11.6. The van der Waals surface area contributed by atoms with Crippen molar-refractivity contribution in [2.45, 2.75) is 37.8 Å². The van der Waals surface area contributed by atoms with Crippen LogP contribution in [-0.4, -0.2) is 42.4 Å². The molecule has 6 nitrogen and oxygen atoms in total. The van der Waals surface area contributed by atoms with E-state index in [4.69, 9.17) is 4.74 Å². The molecule has 4 N–H and O–H groups in total. The van der Waals surface area contributed by atoms with Crippen molar-refractivity contribution in [2.24, 2.45) is 5.41 Å². The summed E-state index contributed by atoms with van der Waals surface area (Å²) in [6, 6.07) is 5.32. The van der Waals surface area contributed by atoms with Gasteiger partial charge in [-0.2, -0.15) is 0 Å². The lowest BCUT2D eigenvalue weighted by Gasteiger charge is -2.34. The van der Waals surface area contributed by atoms with E-state index in [1.165, 1.54) is 0 Å². The van der Waals surface area contributed by atoms with Gasteiger partial charge in [0.25, 0.3) is 0 Å². The van der Waals surface area contributed by atoms with E-state index in [0.29, 0.717) is 31.7 Å². The molecular formula is C17H24N2O4. The van der Waals surface area contributed by atoms with Crippen LogP contribution in [0.1, 0.15) is 37.4 Å². The predicted molar refractivity (Wildman–Crippen MR) is 86.8 cm³/mol. The average molecular weight is 320 g/mol. The number of aliphatic carboxylic acids is 1. The van der Waals surface area contributed by atoms with Crippen LogP contribution < -0.4 is 15.4 Å². The van der Waals surface area contributed by atoms with Gasteiger partial charge in [0.05, 0.1) is 11.5 Å². The lowest BCUT2D eigenvalue weighted by atomic mass is 9.85. The maximum Gasteiger partial charge on any atom is 0.310 e. The molecule has 0 aromatic heterocycles. The summed E-state index contributed by atoms with van der Waals surface area (Å²) in [5.74, 6) is -0.0657. The number of anilines is 1. The highest BCUT2D eigenvalue weighted by atomic mass is 16.5. The van der Waals surface area contributed by atoms with Crippen LogP contribution in [0.5, 0.6) is 5.75 Å². The summed E-state index contributed by atoms with van der Waals surface area (Å²) in [7, 11) is 1.83. The number of aliphatic hydroxyl groups is 1. The van der Waals surface area contributed by atoms with Gasteiger partial charge in [-0.15, -0.1) is 0 Å². The Morgan fingerprint density at radius 3 is 2.78 bits per heavy atom. The molecule has 3 rings (SSSR count). The van der Waals surface area contributed by atoms with E-state index >= 15 is 0 Å². The molecule has 0 unspecified atom stereocenters. The summed E-state index contributed by atoms with van der Waals surface area (Å²) in [6.07, 6.45) is 2.60. The molecule has 0 bridgehead atoms. The summed E-state index contributed by atoms with van der Waals surface area (Å²) in [5, 5.41) is 26.4. The van der Waals surface area contributed by atoms with Crippen molar-refractivity contribution in [3.05, 3.63) is 23.8 Å². The maximum atomic E-state index is 11.6. The van der Waals surface area contributed by atoms with Gasteiger partial charge in [0.1, 0.15) is 18.5 Å². The van der Waals surface area contributed by atoms with E-state index in [9.17, 15) is 15.0 Å². The van der Waals surface area contributed by atoms with Crippen molar-refractivity contribution in [3.63, 3.8) is 0 Å². The zero-order chi connectivity index (χ0) is 16.4. The number of hydrogen-bond donors (Lipinski definition) is 4. The van der Waals surface area contributed by atoms with Crippen LogP contribution in [0.25, 0.3) is 0 Å². The normalized spacial score (nSPS) is 25.5. The molecule has 0 spiro atoms. The van der Waals surface area contributed by atoms with Crippen LogP contribution >= 0.6 is 0 Å². The molecule has 1 heterocycles. The van der Waals surface area contributed by atoms with Crippen molar-refractivity contribution < 1.29 is 19.7 Å². The molecule has 1 aliphatic carbocycles. The largest absolute Gasteiger partial charge is 0.491 e. The molecular weight excluding hydrogens is 296 g/mol. The minimum atomic E-state index is -0.743. The summed E-state index contributed by atoms with van der Waals surface area (Å²) < 4.78 is 5.75. The number of fused-ring (bicyclic) bond motifs is 1. The molecule has 126 valence electrons. The third kappa shape index (κ3) is 3.01. The van der Waals surface area contributed by atoms with Crippen LogP contribution in [0.2, 0.25) is 0 Å². The van der Waals surface area contributed by atoms with E-state index < -0.39 is 17.5 Å². The molecule has 6 heteroatoms. The van der Waals surface area contributed by atoms with Crippen molar-refractivity contribution in [3.8, 4) is 5.75 Å². The SMILES string of the molecule is CNc1ccc2c(c1)OC[C@@H](NCC1(C(=O)O)CCCC1)[C@H]2O. The highest BCUT2D eigenvalue weighted by molar-refractivity contribution is 5.75. The molecule has 1 aromatic rings. The Morgan fingerprint density at radius 1 is 1.39 bits per heavy atom. The summed E-state index contributed by atoms with van der Waals surface area (Å²) in [6.45, 7) is 0.703. The molecule has 23 heavy (non-hydrogen) atoms. The topological polar surface area (TPSA) is 90.8 Å². The third-order valence-corrected chi connectivity index (χ3v) is 5.14. The monoisotopic (exact) mass is 320 g/mol. The van der Waals surface area contributed by atoms with E-state index in [1.54, 1.807) is 0 Å². The van der Waals surface area contributed by atoms with Crippen LogP contribution in [-0.2, 0) is 4.79 Å². The van der Waals surface area contributed by atoms with Gasteiger partial charge in [-0.3, -0.25) is 4.79 Å². The number of benzene rings is 1. The summed E-state index contributed by atoms with van der Waals surface area (Å²) in [5.41, 5.74) is 0.970. The number of carboxylic acid groups (broad SMARTS) is 1. The lowest BCUT2D eigenvalue weighted by molar-refractivity contribution is -0.148. The number of carbonyl (C=O) groups is 1. The Kier molecular flexibility index (Phi) is 4.46. The first kappa shape index (κ1) is 16.1. The molecule has 1 aliphatic heterocycles. The summed E-state index contributed by atoms with van der Waals surface area (Å²) >= 11 is 0. The van der Waals surface area contributed by atoms with Gasteiger partial charge in [0, 0.05) is 30.9 Å². The molecule has 2 aliphatic rings. The van der Waals surface area contributed by atoms with Gasteiger partial charge in [-0.25, -0.2) is 0 Å². The van der Waals surface area contributed by atoms with Crippen LogP contribution in [0.3, 0.4) is 0 Å². The predicted octanol–water partition coefficient (Wildman–Crippen LogP) is 1.76. The van der Waals surface area contributed by atoms with Gasteiger partial charge in [0.15, 0.2) is 0 Å². The van der Waals surface area contributed by atoms with Gasteiger partial charge < -0.3 is 25.6 Å². The Hall–Kier alpha value is -1.79. The lowest BCUT2D eigenvalue weighted by Crippen LogP contribution is -2.48. The highest BCUT2D eigenvalue weighted by Crippen LogP contribution is 2.39. The van der Waals surface area contributed by atoms with Crippen molar-refractivity contribution in [1.82, 2.24) is 5.32 Å². The van der Waals surface area contributed by atoms with Gasteiger partial charge in [-0.1, -0.05) is 18.9 Å². The molecule has 0 amide bonds. The van der Waals surface area contributed by atoms with Gasteiger partial charge in [-0.05, 0) is 18.9 Å². The molecule has 1 saturated carbocycles. The van der Waals surface area contributed by atoms with Crippen LogP contribution in [0, 0.1) is 5.41 Å². The fraction of sp³-hybridized carbons (Fsp3) is 0.588. The minimum absolute atomic E-state index is 0.292. The van der Waals surface area contributed by atoms with Crippen molar-refractivity contribution >= 4 is 11.7 Å².